The molecule has 68 valence electrons. The van der Waals surface area contributed by atoms with Crippen molar-refractivity contribution in [3.8, 4) is 0 Å². The van der Waals surface area contributed by atoms with Crippen molar-refractivity contribution in [2.45, 2.75) is 20.3 Å². The summed E-state index contributed by atoms with van der Waals surface area (Å²) in [5, 5.41) is 0. The number of halogens is 1. The lowest BCUT2D eigenvalue weighted by atomic mass is 9.98. The van der Waals surface area contributed by atoms with Crippen LogP contribution < -0.4 is 0 Å². The summed E-state index contributed by atoms with van der Waals surface area (Å²) >= 11 is 5.12. The molecule has 0 fully saturated rings. The molecule has 0 aliphatic rings. The molecule has 0 saturated carbocycles. The van der Waals surface area contributed by atoms with Crippen LogP contribution in [0.1, 0.15) is 20.3 Å². The van der Waals surface area contributed by atoms with Crippen LogP contribution in [0, 0.1) is 5.92 Å². The fraction of sp³-hybridized carbons (Fsp3) is 0.400. The van der Waals surface area contributed by atoms with Crippen LogP contribution in [0.25, 0.3) is 0 Å². The topological polar surface area (TPSA) is 9.23 Å². The van der Waals surface area contributed by atoms with Crippen molar-refractivity contribution in [2.75, 3.05) is 0 Å². The number of allylic oxidation sites excluding steroid dienone is 2. The van der Waals surface area contributed by atoms with Gasteiger partial charge in [-0.2, -0.15) is 0 Å². The number of hydrogen-bond donors (Lipinski definition) is 0. The minimum Gasteiger partial charge on any atom is -0.386 e. The summed E-state index contributed by atoms with van der Waals surface area (Å²) < 4.78 is 4.43. The van der Waals surface area contributed by atoms with E-state index in [-0.39, 0.29) is 0 Å². The van der Waals surface area contributed by atoms with Crippen molar-refractivity contribution in [1.82, 2.24) is 0 Å². The molecule has 0 spiro atoms. The quantitative estimate of drug-likeness (QED) is 0.360. The Morgan fingerprint density at radius 3 is 2.17 bits per heavy atom. The Morgan fingerprint density at radius 2 is 1.83 bits per heavy atom. The number of hydrogen-bond acceptors (Lipinski definition) is 1. The smallest absolute Gasteiger partial charge is 0.142 e. The van der Waals surface area contributed by atoms with Crippen LogP contribution in [-0.4, -0.2) is 0 Å². The summed E-state index contributed by atoms with van der Waals surface area (Å²) in [6, 6.07) is 0. The van der Waals surface area contributed by atoms with Crippen LogP contribution in [0.2, 0.25) is 0 Å². The average Bonchev–Trinajstić information content (AvgIpc) is 2.02. The second kappa shape index (κ2) is 5.04. The molecule has 2 heteroatoms. The molecule has 0 unspecified atom stereocenters. The maximum absolute atomic E-state index is 5.12. The normalized spacial score (nSPS) is 9.67. The van der Waals surface area contributed by atoms with E-state index in [0.29, 0.717) is 18.1 Å². The maximum Gasteiger partial charge on any atom is 0.142 e. The van der Waals surface area contributed by atoms with Gasteiger partial charge in [0.15, 0.2) is 0 Å². The van der Waals surface area contributed by atoms with Gasteiger partial charge in [0.1, 0.15) is 17.6 Å². The fourth-order valence-electron chi connectivity index (χ4n) is 0.631. The first kappa shape index (κ1) is 11.3. The highest BCUT2D eigenvalue weighted by Crippen LogP contribution is 2.21. The highest BCUT2D eigenvalue weighted by Gasteiger charge is 2.06. The monoisotopic (exact) mass is 186 g/mol. The lowest BCUT2D eigenvalue weighted by Crippen LogP contribution is -1.95. The second-order valence-electron chi connectivity index (χ2n) is 3.09. The molecule has 0 aliphatic carbocycles. The Bertz CT molecular complexity index is 204. The van der Waals surface area contributed by atoms with E-state index in [2.05, 4.69) is 37.9 Å². The van der Waals surface area contributed by atoms with E-state index in [4.69, 9.17) is 11.9 Å². The first-order chi connectivity index (χ1) is 5.49. The zero-order chi connectivity index (χ0) is 9.72. The minimum absolute atomic E-state index is 0.415. The zero-order valence-corrected chi connectivity index (χ0v) is 8.45. The molecule has 0 saturated heterocycles. The van der Waals surface area contributed by atoms with E-state index in [0.717, 1.165) is 11.1 Å². The lowest BCUT2D eigenvalue weighted by molar-refractivity contribution is 0.484. The van der Waals surface area contributed by atoms with Crippen LogP contribution in [0.3, 0.4) is 0 Å². The standard InChI is InChI=1S/C10H15ClO/c1-7(2)8(3)6-9(4)10(5)12-11/h7H,3-6H2,1-2H3. The van der Waals surface area contributed by atoms with Gasteiger partial charge in [-0.25, -0.2) is 0 Å². The molecule has 0 heterocycles. The summed E-state index contributed by atoms with van der Waals surface area (Å²) in [7, 11) is 0. The Kier molecular flexibility index (Phi) is 4.75. The molecular formula is C10H15ClO. The van der Waals surface area contributed by atoms with Crippen LogP contribution in [0.5, 0.6) is 0 Å². The van der Waals surface area contributed by atoms with Crippen LogP contribution in [0.4, 0.5) is 0 Å². The first-order valence-corrected chi connectivity index (χ1v) is 4.13. The Balaban J connectivity index is 4.02. The molecule has 0 bridgehead atoms. The van der Waals surface area contributed by atoms with Gasteiger partial charge in [-0.15, -0.1) is 0 Å². The molecule has 0 aromatic carbocycles. The molecule has 0 radical (unpaired) electrons. The van der Waals surface area contributed by atoms with Crippen molar-refractivity contribution >= 4 is 11.9 Å². The Morgan fingerprint density at radius 1 is 1.33 bits per heavy atom. The van der Waals surface area contributed by atoms with Crippen LogP contribution >= 0.6 is 11.9 Å². The summed E-state index contributed by atoms with van der Waals surface area (Å²) in [4.78, 5) is 0. The second-order valence-corrected chi connectivity index (χ2v) is 3.25. The van der Waals surface area contributed by atoms with Gasteiger partial charge in [0.25, 0.3) is 0 Å². The van der Waals surface area contributed by atoms with Crippen LogP contribution in [0.15, 0.2) is 36.6 Å². The molecule has 1 nitrogen and oxygen atoms in total. The zero-order valence-electron chi connectivity index (χ0n) is 7.69. The van der Waals surface area contributed by atoms with E-state index < -0.39 is 0 Å². The van der Waals surface area contributed by atoms with Crippen molar-refractivity contribution in [3.05, 3.63) is 36.6 Å². The fourth-order valence-corrected chi connectivity index (χ4v) is 0.740. The highest BCUT2D eigenvalue weighted by atomic mass is 35.5. The van der Waals surface area contributed by atoms with Gasteiger partial charge in [-0.3, -0.25) is 0 Å². The molecule has 0 amide bonds. The van der Waals surface area contributed by atoms with Gasteiger partial charge in [0.2, 0.25) is 0 Å². The average molecular weight is 187 g/mol. The SMILES string of the molecule is C=C(CC(=C)C(C)C)C(=C)OCl. The van der Waals surface area contributed by atoms with Crippen molar-refractivity contribution in [1.29, 1.82) is 0 Å². The maximum atomic E-state index is 5.12. The molecule has 0 rings (SSSR count). The van der Waals surface area contributed by atoms with Gasteiger partial charge in [-0.05, 0) is 17.9 Å². The lowest BCUT2D eigenvalue weighted by Gasteiger charge is -2.11. The molecule has 0 atom stereocenters. The summed E-state index contributed by atoms with van der Waals surface area (Å²) in [5.41, 5.74) is 1.89. The van der Waals surface area contributed by atoms with Gasteiger partial charge in [0, 0.05) is 0 Å². The predicted molar refractivity (Wildman–Crippen MR) is 53.8 cm³/mol. The van der Waals surface area contributed by atoms with E-state index in [1.807, 2.05) is 0 Å². The molecule has 0 aliphatic heterocycles. The third-order valence-corrected chi connectivity index (χ3v) is 1.93. The summed E-state index contributed by atoms with van der Waals surface area (Å²) in [6.45, 7) is 15.4. The minimum atomic E-state index is 0.415. The van der Waals surface area contributed by atoms with Gasteiger partial charge < -0.3 is 4.29 Å². The van der Waals surface area contributed by atoms with Crippen molar-refractivity contribution in [2.24, 2.45) is 5.92 Å². The van der Waals surface area contributed by atoms with E-state index in [1.54, 1.807) is 0 Å². The Labute approximate surface area is 79.5 Å². The third-order valence-electron chi connectivity index (χ3n) is 1.74. The van der Waals surface area contributed by atoms with Gasteiger partial charge in [0.05, 0.1) is 0 Å². The van der Waals surface area contributed by atoms with Crippen LogP contribution in [-0.2, 0) is 4.29 Å². The van der Waals surface area contributed by atoms with Gasteiger partial charge in [-0.1, -0.05) is 39.2 Å². The van der Waals surface area contributed by atoms with E-state index in [9.17, 15) is 0 Å². The largest absolute Gasteiger partial charge is 0.386 e. The summed E-state index contributed by atoms with van der Waals surface area (Å²) in [5.74, 6) is 0.864. The first-order valence-electron chi connectivity index (χ1n) is 3.82. The molecule has 0 N–H and O–H groups in total. The van der Waals surface area contributed by atoms with Gasteiger partial charge >= 0.3 is 0 Å². The van der Waals surface area contributed by atoms with E-state index in [1.165, 1.54) is 0 Å². The molecule has 0 aromatic rings. The van der Waals surface area contributed by atoms with Crippen molar-refractivity contribution in [3.63, 3.8) is 0 Å². The molecule has 12 heavy (non-hydrogen) atoms. The van der Waals surface area contributed by atoms with Crippen molar-refractivity contribution < 1.29 is 4.29 Å². The molecular weight excluding hydrogens is 172 g/mol. The third kappa shape index (κ3) is 3.63. The number of rotatable bonds is 5. The highest BCUT2D eigenvalue weighted by molar-refractivity contribution is 6.08. The summed E-state index contributed by atoms with van der Waals surface area (Å²) in [6.07, 6.45) is 0.698. The molecule has 0 aromatic heterocycles. The predicted octanol–water partition coefficient (Wildman–Crippen LogP) is 3.83. The Hall–Kier alpha value is -0.690. The van der Waals surface area contributed by atoms with E-state index >= 15 is 0 Å².